The monoisotopic (exact) mass is 533 g/mol. The Morgan fingerprint density at radius 2 is 1.72 bits per heavy atom. The quantitative estimate of drug-likeness (QED) is 0.492. The summed E-state index contributed by atoms with van der Waals surface area (Å²) >= 11 is 6.24. The predicted molar refractivity (Wildman–Crippen MR) is 145 cm³/mol. The molecule has 1 saturated carbocycles. The third-order valence-corrected chi connectivity index (χ3v) is 8.33. The van der Waals surface area contributed by atoms with Crippen LogP contribution in [0.1, 0.15) is 50.2 Å². The summed E-state index contributed by atoms with van der Waals surface area (Å²) < 4.78 is 26.5. The highest BCUT2D eigenvalue weighted by Gasteiger charge is 2.31. The molecule has 2 aromatic carbocycles. The molecule has 1 aliphatic carbocycles. The van der Waals surface area contributed by atoms with E-state index in [9.17, 15) is 18.0 Å². The molecule has 1 unspecified atom stereocenters. The molecule has 1 atom stereocenters. The van der Waals surface area contributed by atoms with Crippen molar-refractivity contribution >= 4 is 39.1 Å². The van der Waals surface area contributed by atoms with Crippen molar-refractivity contribution in [2.75, 3.05) is 23.7 Å². The number of hydrogen-bond donors (Lipinski definition) is 1. The maximum Gasteiger partial charge on any atom is 0.244 e. The molecular weight excluding hydrogens is 498 g/mol. The van der Waals surface area contributed by atoms with Crippen LogP contribution < -0.4 is 9.62 Å². The molecule has 0 heterocycles. The zero-order valence-corrected chi connectivity index (χ0v) is 22.8. The van der Waals surface area contributed by atoms with Crippen LogP contribution in [0.3, 0.4) is 0 Å². The second-order valence-electron chi connectivity index (χ2n) is 9.50. The molecule has 0 radical (unpaired) electrons. The fourth-order valence-electron chi connectivity index (χ4n) is 4.60. The fourth-order valence-corrected chi connectivity index (χ4v) is 5.67. The minimum Gasteiger partial charge on any atom is -0.352 e. The number of rotatable bonds is 10. The number of anilines is 1. The van der Waals surface area contributed by atoms with Crippen molar-refractivity contribution in [1.82, 2.24) is 10.2 Å². The van der Waals surface area contributed by atoms with Gasteiger partial charge in [0.05, 0.1) is 11.9 Å². The highest BCUT2D eigenvalue weighted by atomic mass is 35.5. The smallest absolute Gasteiger partial charge is 0.244 e. The average Bonchev–Trinajstić information content (AvgIpc) is 2.85. The van der Waals surface area contributed by atoms with Crippen LogP contribution in [-0.2, 0) is 26.0 Å². The highest BCUT2D eigenvalue weighted by molar-refractivity contribution is 7.92. The van der Waals surface area contributed by atoms with Crippen molar-refractivity contribution < 1.29 is 18.0 Å². The predicted octanol–water partition coefficient (Wildman–Crippen LogP) is 4.32. The summed E-state index contributed by atoms with van der Waals surface area (Å²) in [5.74, 6) is -0.657. The van der Waals surface area contributed by atoms with Gasteiger partial charge in [-0.05, 0) is 56.4 Å². The molecule has 1 N–H and O–H groups in total. The Hall–Kier alpha value is -2.58. The molecule has 2 aromatic rings. The van der Waals surface area contributed by atoms with Gasteiger partial charge in [0.15, 0.2) is 0 Å². The Labute approximate surface area is 219 Å². The number of sulfonamides is 1. The Balaban J connectivity index is 1.84. The lowest BCUT2D eigenvalue weighted by Crippen LogP contribution is -2.53. The first-order valence-corrected chi connectivity index (χ1v) is 14.7. The fraction of sp³-hybridized carbons (Fsp3) is 0.481. The van der Waals surface area contributed by atoms with Crippen molar-refractivity contribution in [2.24, 2.45) is 0 Å². The molecule has 9 heteroatoms. The number of nitrogens with one attached hydrogen (secondary N) is 1. The second-order valence-corrected chi connectivity index (χ2v) is 11.8. The minimum absolute atomic E-state index is 0.112. The van der Waals surface area contributed by atoms with E-state index < -0.39 is 28.5 Å². The normalized spacial score (nSPS) is 15.2. The zero-order valence-electron chi connectivity index (χ0n) is 21.2. The van der Waals surface area contributed by atoms with Gasteiger partial charge in [0.25, 0.3) is 0 Å². The number of benzene rings is 2. The number of halogens is 1. The van der Waals surface area contributed by atoms with Crippen molar-refractivity contribution in [3.8, 4) is 0 Å². The van der Waals surface area contributed by atoms with Crippen molar-refractivity contribution in [1.29, 1.82) is 0 Å². The lowest BCUT2D eigenvalue weighted by atomic mass is 9.95. The summed E-state index contributed by atoms with van der Waals surface area (Å²) in [6, 6.07) is 14.0. The molecule has 196 valence electrons. The van der Waals surface area contributed by atoms with Crippen LogP contribution in [0.25, 0.3) is 0 Å². The summed E-state index contributed by atoms with van der Waals surface area (Å²) in [6.45, 7) is 3.29. The summed E-state index contributed by atoms with van der Waals surface area (Å²) in [5.41, 5.74) is 1.94. The number of nitrogens with zero attached hydrogens (tertiary/aromatic N) is 2. The molecule has 0 aromatic heterocycles. The van der Waals surface area contributed by atoms with E-state index in [1.807, 2.05) is 30.3 Å². The summed E-state index contributed by atoms with van der Waals surface area (Å²) in [6.07, 6.45) is 6.82. The first-order chi connectivity index (χ1) is 17.1. The molecule has 2 amide bonds. The molecule has 3 rings (SSSR count). The molecule has 0 saturated heterocycles. The van der Waals surface area contributed by atoms with Gasteiger partial charge < -0.3 is 10.2 Å². The van der Waals surface area contributed by atoms with Crippen molar-refractivity contribution in [2.45, 2.75) is 64.5 Å². The van der Waals surface area contributed by atoms with Crippen LogP contribution in [0.2, 0.25) is 5.02 Å². The summed E-state index contributed by atoms with van der Waals surface area (Å²) in [5, 5.41) is 3.51. The number of carbonyl (C=O) groups is 2. The third kappa shape index (κ3) is 7.46. The van der Waals surface area contributed by atoms with Crippen LogP contribution in [0.4, 0.5) is 5.69 Å². The van der Waals surface area contributed by atoms with E-state index >= 15 is 0 Å². The average molecular weight is 534 g/mol. The van der Waals surface area contributed by atoms with Crippen LogP contribution in [0.5, 0.6) is 0 Å². The van der Waals surface area contributed by atoms with Gasteiger partial charge in [-0.25, -0.2) is 8.42 Å². The molecule has 0 aliphatic heterocycles. The summed E-state index contributed by atoms with van der Waals surface area (Å²) in [7, 11) is -3.79. The molecule has 7 nitrogen and oxygen atoms in total. The number of hydrogen-bond acceptors (Lipinski definition) is 4. The Morgan fingerprint density at radius 3 is 2.36 bits per heavy atom. The van der Waals surface area contributed by atoms with Crippen LogP contribution >= 0.6 is 11.6 Å². The largest absolute Gasteiger partial charge is 0.352 e. The standard InChI is InChI=1S/C27H36ClN3O4S/c1-20-24(28)15-10-16-25(20)31(36(3,34)35)19-26(32)30(18-17-22-11-6-4-7-12-22)21(2)27(33)29-23-13-8-5-9-14-23/h4,6-7,10-12,15-16,21,23H,5,8-9,13-14,17-19H2,1-3H3,(H,29,33). The van der Waals surface area contributed by atoms with Gasteiger partial charge in [-0.2, -0.15) is 0 Å². The van der Waals surface area contributed by atoms with Gasteiger partial charge >= 0.3 is 0 Å². The molecular formula is C27H36ClN3O4S. The molecule has 0 bridgehead atoms. The first-order valence-electron chi connectivity index (χ1n) is 12.4. The highest BCUT2D eigenvalue weighted by Crippen LogP contribution is 2.28. The SMILES string of the molecule is Cc1c(Cl)cccc1N(CC(=O)N(CCc1ccccc1)C(C)C(=O)NC1CCCCC1)S(C)(=O)=O. The van der Waals surface area contributed by atoms with E-state index in [2.05, 4.69) is 5.32 Å². The van der Waals surface area contributed by atoms with E-state index in [4.69, 9.17) is 11.6 Å². The topological polar surface area (TPSA) is 86.8 Å². The summed E-state index contributed by atoms with van der Waals surface area (Å²) in [4.78, 5) is 28.3. The van der Waals surface area contributed by atoms with Crippen LogP contribution in [0.15, 0.2) is 48.5 Å². The molecule has 36 heavy (non-hydrogen) atoms. The lowest BCUT2D eigenvalue weighted by molar-refractivity contribution is -0.139. The Kier molecular flexibility index (Phi) is 9.79. The maximum absolute atomic E-state index is 13.6. The van der Waals surface area contributed by atoms with Gasteiger partial charge in [0.2, 0.25) is 21.8 Å². The molecule has 1 fully saturated rings. The van der Waals surface area contributed by atoms with E-state index in [1.165, 1.54) is 11.3 Å². The minimum atomic E-state index is -3.79. The maximum atomic E-state index is 13.6. The number of carbonyl (C=O) groups excluding carboxylic acids is 2. The molecule has 0 spiro atoms. The van der Waals surface area contributed by atoms with E-state index in [0.29, 0.717) is 22.7 Å². The van der Waals surface area contributed by atoms with Crippen molar-refractivity contribution in [3.63, 3.8) is 0 Å². The van der Waals surface area contributed by atoms with Gasteiger partial charge in [0.1, 0.15) is 12.6 Å². The van der Waals surface area contributed by atoms with E-state index in [0.717, 1.165) is 41.8 Å². The zero-order chi connectivity index (χ0) is 26.3. The first kappa shape index (κ1) is 28.0. The van der Waals surface area contributed by atoms with Gasteiger partial charge in [-0.1, -0.05) is 67.3 Å². The van der Waals surface area contributed by atoms with Crippen molar-refractivity contribution in [3.05, 3.63) is 64.7 Å². The molecule has 1 aliphatic rings. The van der Waals surface area contributed by atoms with E-state index in [-0.39, 0.29) is 18.5 Å². The second kappa shape index (κ2) is 12.6. The Bertz CT molecular complexity index is 1150. The van der Waals surface area contributed by atoms with E-state index in [1.54, 1.807) is 32.0 Å². The third-order valence-electron chi connectivity index (χ3n) is 6.79. The lowest BCUT2D eigenvalue weighted by Gasteiger charge is -2.33. The Morgan fingerprint density at radius 1 is 1.06 bits per heavy atom. The number of amides is 2. The van der Waals surface area contributed by atoms with Crippen LogP contribution in [0, 0.1) is 6.92 Å². The van der Waals surface area contributed by atoms with Gasteiger partial charge in [-0.3, -0.25) is 13.9 Å². The van der Waals surface area contributed by atoms with Crippen LogP contribution in [-0.4, -0.2) is 56.6 Å². The van der Waals surface area contributed by atoms with Gasteiger partial charge in [-0.15, -0.1) is 0 Å². The van der Waals surface area contributed by atoms with Gasteiger partial charge in [0, 0.05) is 17.6 Å².